The van der Waals surface area contributed by atoms with Gasteiger partial charge in [0.1, 0.15) is 0 Å². The number of ether oxygens (including phenoxy) is 1. The van der Waals surface area contributed by atoms with Gasteiger partial charge in [0, 0.05) is 36.0 Å². The van der Waals surface area contributed by atoms with Crippen molar-refractivity contribution in [2.45, 2.75) is 13.5 Å². The van der Waals surface area contributed by atoms with Crippen molar-refractivity contribution in [3.8, 4) is 0 Å². The lowest BCUT2D eigenvalue weighted by Crippen LogP contribution is -2.26. The molecule has 0 saturated carbocycles. The molecular formula is C13H19NO3S. The lowest BCUT2D eigenvalue weighted by molar-refractivity contribution is -0.131. The van der Waals surface area contributed by atoms with Crippen LogP contribution in [0.2, 0.25) is 0 Å². The third kappa shape index (κ3) is 5.44. The number of hydrogen-bond acceptors (Lipinski definition) is 4. The fraction of sp³-hybridized carbons (Fsp3) is 0.462. The Bertz CT molecular complexity index is 401. The average Bonchev–Trinajstić information content (AvgIpc) is 2.79. The molecule has 0 aromatic carbocycles. The second-order valence-corrected chi connectivity index (χ2v) is 5.04. The molecule has 1 N–H and O–H groups in total. The van der Waals surface area contributed by atoms with Crippen LogP contribution in [-0.2, 0) is 16.1 Å². The second-order valence-electron chi connectivity index (χ2n) is 3.84. The van der Waals surface area contributed by atoms with Crippen molar-refractivity contribution < 1.29 is 14.6 Å². The smallest absolute Gasteiger partial charge is 0.328 e. The highest BCUT2D eigenvalue weighted by atomic mass is 32.1. The van der Waals surface area contributed by atoms with Crippen LogP contribution in [0.25, 0.3) is 6.08 Å². The molecule has 0 aliphatic carbocycles. The van der Waals surface area contributed by atoms with Crippen LogP contribution >= 0.6 is 11.3 Å². The summed E-state index contributed by atoms with van der Waals surface area (Å²) in [5.74, 6) is -0.916. The van der Waals surface area contributed by atoms with E-state index in [-0.39, 0.29) is 0 Å². The summed E-state index contributed by atoms with van der Waals surface area (Å²) < 4.78 is 5.07. The zero-order valence-electron chi connectivity index (χ0n) is 10.8. The van der Waals surface area contributed by atoms with E-state index in [1.807, 2.05) is 12.1 Å². The molecule has 4 nitrogen and oxygen atoms in total. The first-order chi connectivity index (χ1) is 8.65. The number of likely N-dealkylation sites (N-methyl/N-ethyl adjacent to an activating group) is 1. The third-order valence-electron chi connectivity index (χ3n) is 2.51. The summed E-state index contributed by atoms with van der Waals surface area (Å²) in [5.41, 5.74) is 0. The Labute approximate surface area is 111 Å². The van der Waals surface area contributed by atoms with Crippen LogP contribution < -0.4 is 0 Å². The van der Waals surface area contributed by atoms with Crippen LogP contribution in [0.5, 0.6) is 0 Å². The Kier molecular flexibility index (Phi) is 6.64. The van der Waals surface area contributed by atoms with Gasteiger partial charge in [0.15, 0.2) is 0 Å². The predicted octanol–water partition coefficient (Wildman–Crippen LogP) is 2.31. The SMILES string of the molecule is CCN(CCOC)Cc1ccc(/C=C/C(=O)O)s1. The average molecular weight is 269 g/mol. The Morgan fingerprint density at radius 1 is 1.56 bits per heavy atom. The molecule has 1 aromatic rings. The van der Waals surface area contributed by atoms with E-state index in [9.17, 15) is 4.79 Å². The minimum Gasteiger partial charge on any atom is -0.478 e. The van der Waals surface area contributed by atoms with Crippen LogP contribution in [0.1, 0.15) is 16.7 Å². The van der Waals surface area contributed by atoms with Crippen molar-refractivity contribution in [1.29, 1.82) is 0 Å². The molecule has 1 aromatic heterocycles. The van der Waals surface area contributed by atoms with Crippen molar-refractivity contribution >= 4 is 23.4 Å². The highest BCUT2D eigenvalue weighted by molar-refractivity contribution is 7.12. The van der Waals surface area contributed by atoms with Gasteiger partial charge in [-0.05, 0) is 24.8 Å². The summed E-state index contributed by atoms with van der Waals surface area (Å²) in [6.07, 6.45) is 2.79. The zero-order chi connectivity index (χ0) is 13.4. The molecule has 0 atom stereocenters. The Morgan fingerprint density at radius 2 is 2.33 bits per heavy atom. The van der Waals surface area contributed by atoms with E-state index in [2.05, 4.69) is 11.8 Å². The van der Waals surface area contributed by atoms with Crippen molar-refractivity contribution in [3.05, 3.63) is 28.0 Å². The van der Waals surface area contributed by atoms with Gasteiger partial charge in [-0.3, -0.25) is 4.90 Å². The van der Waals surface area contributed by atoms with Crippen LogP contribution in [-0.4, -0.2) is 42.8 Å². The molecule has 0 aliphatic rings. The van der Waals surface area contributed by atoms with Gasteiger partial charge in [-0.1, -0.05) is 6.92 Å². The lowest BCUT2D eigenvalue weighted by Gasteiger charge is -2.18. The first kappa shape index (κ1) is 14.9. The predicted molar refractivity (Wildman–Crippen MR) is 73.8 cm³/mol. The van der Waals surface area contributed by atoms with E-state index >= 15 is 0 Å². The number of hydrogen-bond donors (Lipinski definition) is 1. The molecule has 0 fully saturated rings. The maximum Gasteiger partial charge on any atom is 0.328 e. The van der Waals surface area contributed by atoms with Crippen molar-refractivity contribution in [3.63, 3.8) is 0 Å². The third-order valence-corrected chi connectivity index (χ3v) is 3.55. The minimum absolute atomic E-state index is 0.727. The molecule has 0 spiro atoms. The van der Waals surface area contributed by atoms with Gasteiger partial charge in [-0.15, -0.1) is 11.3 Å². The highest BCUT2D eigenvalue weighted by Crippen LogP contribution is 2.19. The van der Waals surface area contributed by atoms with Crippen LogP contribution in [0.4, 0.5) is 0 Å². The molecule has 5 heteroatoms. The Hall–Kier alpha value is -1.17. The summed E-state index contributed by atoms with van der Waals surface area (Å²) >= 11 is 1.62. The number of thiophene rings is 1. The molecule has 0 unspecified atom stereocenters. The van der Waals surface area contributed by atoms with Gasteiger partial charge >= 0.3 is 5.97 Å². The van der Waals surface area contributed by atoms with Crippen LogP contribution in [0.15, 0.2) is 18.2 Å². The van der Waals surface area contributed by atoms with Gasteiger partial charge in [0.05, 0.1) is 6.61 Å². The van der Waals surface area contributed by atoms with Crippen LogP contribution in [0.3, 0.4) is 0 Å². The summed E-state index contributed by atoms with van der Waals surface area (Å²) in [6.45, 7) is 5.61. The molecular weight excluding hydrogens is 250 g/mol. The monoisotopic (exact) mass is 269 g/mol. The molecule has 0 aliphatic heterocycles. The number of carboxylic acid groups (broad SMARTS) is 1. The van der Waals surface area contributed by atoms with Gasteiger partial charge < -0.3 is 9.84 Å². The van der Waals surface area contributed by atoms with Crippen molar-refractivity contribution in [1.82, 2.24) is 4.90 Å². The number of rotatable bonds is 8. The van der Waals surface area contributed by atoms with Crippen molar-refractivity contribution in [2.24, 2.45) is 0 Å². The molecule has 0 bridgehead atoms. The zero-order valence-corrected chi connectivity index (χ0v) is 11.6. The van der Waals surface area contributed by atoms with E-state index in [1.54, 1.807) is 24.5 Å². The molecule has 0 radical (unpaired) electrons. The number of carbonyl (C=O) groups is 1. The second kappa shape index (κ2) is 8.02. The molecule has 1 rings (SSSR count). The highest BCUT2D eigenvalue weighted by Gasteiger charge is 2.05. The summed E-state index contributed by atoms with van der Waals surface area (Å²) in [4.78, 5) is 14.9. The minimum atomic E-state index is -0.916. The Morgan fingerprint density at radius 3 is 2.94 bits per heavy atom. The number of nitrogens with zero attached hydrogens (tertiary/aromatic N) is 1. The van der Waals surface area contributed by atoms with Crippen LogP contribution in [0, 0.1) is 0 Å². The normalized spacial score (nSPS) is 11.5. The van der Waals surface area contributed by atoms with E-state index in [4.69, 9.17) is 9.84 Å². The largest absolute Gasteiger partial charge is 0.478 e. The van der Waals surface area contributed by atoms with E-state index in [0.717, 1.165) is 37.2 Å². The fourth-order valence-corrected chi connectivity index (χ4v) is 2.47. The maximum atomic E-state index is 10.4. The quantitative estimate of drug-likeness (QED) is 0.736. The van der Waals surface area contributed by atoms with Gasteiger partial charge in [0.2, 0.25) is 0 Å². The Balaban J connectivity index is 2.54. The van der Waals surface area contributed by atoms with E-state index in [0.29, 0.717) is 0 Å². The molecule has 18 heavy (non-hydrogen) atoms. The van der Waals surface area contributed by atoms with Gasteiger partial charge in [0.25, 0.3) is 0 Å². The van der Waals surface area contributed by atoms with Crippen molar-refractivity contribution in [2.75, 3.05) is 26.8 Å². The summed E-state index contributed by atoms with van der Waals surface area (Å²) in [7, 11) is 1.70. The standard InChI is InChI=1S/C13H19NO3S/c1-3-14(8-9-17-2)10-12-5-4-11(18-12)6-7-13(15)16/h4-7H,3,8-10H2,1-2H3,(H,15,16)/b7-6+. The maximum absolute atomic E-state index is 10.4. The molecule has 0 saturated heterocycles. The first-order valence-electron chi connectivity index (χ1n) is 5.86. The molecule has 1 heterocycles. The summed E-state index contributed by atoms with van der Waals surface area (Å²) in [5, 5.41) is 8.56. The lowest BCUT2D eigenvalue weighted by atomic mass is 10.3. The topological polar surface area (TPSA) is 49.8 Å². The number of aliphatic carboxylic acids is 1. The summed E-state index contributed by atoms with van der Waals surface area (Å²) in [6, 6.07) is 3.99. The van der Waals surface area contributed by atoms with E-state index < -0.39 is 5.97 Å². The van der Waals surface area contributed by atoms with Gasteiger partial charge in [-0.2, -0.15) is 0 Å². The number of methoxy groups -OCH3 is 1. The van der Waals surface area contributed by atoms with E-state index in [1.165, 1.54) is 4.88 Å². The molecule has 0 amide bonds. The first-order valence-corrected chi connectivity index (χ1v) is 6.68. The fourth-order valence-electron chi connectivity index (χ4n) is 1.51. The molecule has 100 valence electrons. The van der Waals surface area contributed by atoms with Gasteiger partial charge in [-0.25, -0.2) is 4.79 Å². The number of carboxylic acids is 1.